The molecule has 0 N–H and O–H groups in total. The first-order chi connectivity index (χ1) is 4.90. The third kappa shape index (κ3) is 1.08. The summed E-state index contributed by atoms with van der Waals surface area (Å²) in [5, 5.41) is 0. The summed E-state index contributed by atoms with van der Waals surface area (Å²) in [5.41, 5.74) is 0. The van der Waals surface area contributed by atoms with Crippen molar-refractivity contribution in [2.75, 3.05) is 12.4 Å². The lowest BCUT2D eigenvalue weighted by molar-refractivity contribution is 0.107. The molecule has 2 aliphatic rings. The molecule has 2 heteroatoms. The van der Waals surface area contributed by atoms with Crippen LogP contribution in [0, 0.1) is 11.8 Å². The van der Waals surface area contributed by atoms with Crippen LogP contribution < -0.4 is 0 Å². The highest BCUT2D eigenvalue weighted by Gasteiger charge is 2.35. The van der Waals surface area contributed by atoms with E-state index in [1.807, 2.05) is 0 Å². The molecule has 1 aliphatic heterocycles. The summed E-state index contributed by atoms with van der Waals surface area (Å²) < 4.78 is 5.57. The normalized spacial score (nSPS) is 45.9. The van der Waals surface area contributed by atoms with Crippen LogP contribution >= 0.6 is 12.6 Å². The van der Waals surface area contributed by atoms with Gasteiger partial charge in [0, 0.05) is 0 Å². The molecule has 1 aliphatic carbocycles. The van der Waals surface area contributed by atoms with Crippen molar-refractivity contribution < 1.29 is 4.74 Å². The van der Waals surface area contributed by atoms with Gasteiger partial charge < -0.3 is 4.74 Å². The Morgan fingerprint density at radius 1 is 1.40 bits per heavy atom. The molecule has 1 saturated carbocycles. The number of fused-ring (bicyclic) bond motifs is 2. The van der Waals surface area contributed by atoms with E-state index in [1.54, 1.807) is 0 Å². The zero-order valence-corrected chi connectivity index (χ0v) is 7.02. The minimum atomic E-state index is 0.612. The van der Waals surface area contributed by atoms with E-state index >= 15 is 0 Å². The van der Waals surface area contributed by atoms with Gasteiger partial charge in [0.2, 0.25) is 0 Å². The second-order valence-electron chi connectivity index (χ2n) is 3.47. The van der Waals surface area contributed by atoms with Crippen LogP contribution in [-0.4, -0.2) is 18.5 Å². The third-order valence-electron chi connectivity index (χ3n) is 2.87. The van der Waals surface area contributed by atoms with E-state index in [0.29, 0.717) is 6.10 Å². The minimum Gasteiger partial charge on any atom is -0.378 e. The number of ether oxygens (including phenoxy) is 1. The van der Waals surface area contributed by atoms with E-state index in [4.69, 9.17) is 4.74 Å². The van der Waals surface area contributed by atoms with Crippen LogP contribution in [0.15, 0.2) is 0 Å². The second kappa shape index (κ2) is 2.74. The molecule has 2 fully saturated rings. The van der Waals surface area contributed by atoms with Crippen molar-refractivity contribution in [1.82, 2.24) is 0 Å². The molecule has 1 nitrogen and oxygen atoms in total. The lowest BCUT2D eigenvalue weighted by Crippen LogP contribution is -2.22. The van der Waals surface area contributed by atoms with Gasteiger partial charge >= 0.3 is 0 Å². The van der Waals surface area contributed by atoms with Crippen molar-refractivity contribution in [3.05, 3.63) is 0 Å². The molecule has 0 aromatic rings. The van der Waals surface area contributed by atoms with Crippen molar-refractivity contribution in [2.45, 2.75) is 25.4 Å². The van der Waals surface area contributed by atoms with Gasteiger partial charge in [0.05, 0.1) is 12.7 Å². The summed E-state index contributed by atoms with van der Waals surface area (Å²) in [6.45, 7) is 1.01. The van der Waals surface area contributed by atoms with Gasteiger partial charge in [-0.2, -0.15) is 12.6 Å². The summed E-state index contributed by atoms with van der Waals surface area (Å²) in [6, 6.07) is 0. The van der Waals surface area contributed by atoms with Gasteiger partial charge in [0.1, 0.15) is 0 Å². The maximum Gasteiger partial charge on any atom is 0.0579 e. The van der Waals surface area contributed by atoms with Crippen molar-refractivity contribution in [3.8, 4) is 0 Å². The zero-order valence-electron chi connectivity index (χ0n) is 6.12. The van der Waals surface area contributed by atoms with Gasteiger partial charge in [-0.25, -0.2) is 0 Å². The van der Waals surface area contributed by atoms with Crippen molar-refractivity contribution in [2.24, 2.45) is 11.8 Å². The first kappa shape index (κ1) is 6.99. The van der Waals surface area contributed by atoms with Crippen molar-refractivity contribution in [3.63, 3.8) is 0 Å². The average molecular weight is 158 g/mol. The lowest BCUT2D eigenvalue weighted by Gasteiger charge is -2.24. The molecule has 3 unspecified atom stereocenters. The largest absolute Gasteiger partial charge is 0.378 e. The molecular formula is C8H14OS. The van der Waals surface area contributed by atoms with E-state index in [-0.39, 0.29) is 0 Å². The predicted octanol–water partition coefficient (Wildman–Crippen LogP) is 1.73. The van der Waals surface area contributed by atoms with Gasteiger partial charge in [0.15, 0.2) is 0 Å². The van der Waals surface area contributed by atoms with Crippen molar-refractivity contribution >= 4 is 12.6 Å². The molecule has 10 heavy (non-hydrogen) atoms. The maximum atomic E-state index is 5.57. The van der Waals surface area contributed by atoms with Gasteiger partial charge in [-0.05, 0) is 36.9 Å². The molecule has 2 bridgehead atoms. The molecule has 3 atom stereocenters. The Bertz CT molecular complexity index is 126. The van der Waals surface area contributed by atoms with E-state index in [1.165, 1.54) is 19.3 Å². The molecule has 0 radical (unpaired) electrons. The first-order valence-corrected chi connectivity index (χ1v) is 4.76. The molecule has 1 heterocycles. The van der Waals surface area contributed by atoms with E-state index < -0.39 is 0 Å². The Labute approximate surface area is 67.6 Å². The van der Waals surface area contributed by atoms with Crippen molar-refractivity contribution in [1.29, 1.82) is 0 Å². The van der Waals surface area contributed by atoms with Crippen LogP contribution in [0.5, 0.6) is 0 Å². The Morgan fingerprint density at radius 2 is 2.30 bits per heavy atom. The summed E-state index contributed by atoms with van der Waals surface area (Å²) in [4.78, 5) is 0. The molecular weight excluding hydrogens is 144 g/mol. The summed E-state index contributed by atoms with van der Waals surface area (Å²) in [6.07, 6.45) is 4.55. The summed E-state index contributed by atoms with van der Waals surface area (Å²) in [7, 11) is 0. The topological polar surface area (TPSA) is 9.23 Å². The van der Waals surface area contributed by atoms with Gasteiger partial charge in [-0.1, -0.05) is 0 Å². The highest BCUT2D eigenvalue weighted by molar-refractivity contribution is 7.80. The Hall–Kier alpha value is 0.310. The lowest BCUT2D eigenvalue weighted by atomic mass is 9.82. The standard InChI is InChI=1S/C8H14OS/c10-5-6-1-2-8-3-7(6)4-9-8/h6-8,10H,1-5H2. The fraction of sp³-hybridized carbons (Fsp3) is 1.00. The van der Waals surface area contributed by atoms with Gasteiger partial charge in [0.25, 0.3) is 0 Å². The maximum absolute atomic E-state index is 5.57. The predicted molar refractivity (Wildman–Crippen MR) is 44.4 cm³/mol. The highest BCUT2D eigenvalue weighted by atomic mass is 32.1. The molecule has 0 spiro atoms. The molecule has 58 valence electrons. The first-order valence-electron chi connectivity index (χ1n) is 4.12. The molecule has 0 amide bonds. The fourth-order valence-electron chi connectivity index (χ4n) is 2.14. The minimum absolute atomic E-state index is 0.612. The molecule has 1 saturated heterocycles. The highest BCUT2D eigenvalue weighted by Crippen LogP contribution is 2.37. The number of hydrogen-bond acceptors (Lipinski definition) is 2. The van der Waals surface area contributed by atoms with Crippen LogP contribution in [-0.2, 0) is 4.74 Å². The van der Waals surface area contributed by atoms with Crippen LogP contribution in [0.2, 0.25) is 0 Å². The van der Waals surface area contributed by atoms with Crippen LogP contribution in [0.1, 0.15) is 19.3 Å². The average Bonchev–Trinajstić information content (AvgIpc) is 2.34. The quantitative estimate of drug-likeness (QED) is 0.572. The smallest absolute Gasteiger partial charge is 0.0579 e. The second-order valence-corrected chi connectivity index (χ2v) is 3.84. The molecule has 2 rings (SSSR count). The summed E-state index contributed by atoms with van der Waals surface area (Å²) in [5.74, 6) is 2.75. The van der Waals surface area contributed by atoms with Crippen LogP contribution in [0.4, 0.5) is 0 Å². The van der Waals surface area contributed by atoms with E-state index in [0.717, 1.165) is 24.2 Å². The SMILES string of the molecule is SCC1CCC2CC1CO2. The Kier molecular flexibility index (Phi) is 1.92. The number of hydrogen-bond donors (Lipinski definition) is 1. The third-order valence-corrected chi connectivity index (χ3v) is 3.34. The van der Waals surface area contributed by atoms with Gasteiger partial charge in [-0.15, -0.1) is 0 Å². The Morgan fingerprint density at radius 3 is 3.10 bits per heavy atom. The van der Waals surface area contributed by atoms with E-state index in [9.17, 15) is 0 Å². The molecule has 0 aromatic heterocycles. The zero-order chi connectivity index (χ0) is 6.97. The monoisotopic (exact) mass is 158 g/mol. The number of rotatable bonds is 1. The summed E-state index contributed by atoms with van der Waals surface area (Å²) >= 11 is 4.34. The number of thiol groups is 1. The van der Waals surface area contributed by atoms with Crippen LogP contribution in [0.3, 0.4) is 0 Å². The van der Waals surface area contributed by atoms with E-state index in [2.05, 4.69) is 12.6 Å². The Balaban J connectivity index is 2.00. The van der Waals surface area contributed by atoms with Gasteiger partial charge in [-0.3, -0.25) is 0 Å². The fourth-order valence-corrected chi connectivity index (χ4v) is 2.62. The van der Waals surface area contributed by atoms with Crippen LogP contribution in [0.25, 0.3) is 0 Å². The molecule has 0 aromatic carbocycles.